The van der Waals surface area contributed by atoms with Crippen LogP contribution in [0.2, 0.25) is 0 Å². The van der Waals surface area contributed by atoms with E-state index in [1.54, 1.807) is 6.07 Å². The standard InChI is InChI=1S/C26H21F2N5/c1-15(2)30-12-17-14-33-25(22-13-31-24-6-4-3-5-19(22)24)10-20(21(11-29)26(33)32-17)18-8-7-16(27)9-23(18)28/h3-10,13-15,30-31H,12H2,1-2H3. The van der Waals surface area contributed by atoms with Gasteiger partial charge in [-0.15, -0.1) is 0 Å². The van der Waals surface area contributed by atoms with E-state index in [0.717, 1.165) is 33.9 Å². The van der Waals surface area contributed by atoms with E-state index >= 15 is 0 Å². The highest BCUT2D eigenvalue weighted by atomic mass is 19.1. The minimum Gasteiger partial charge on any atom is -0.360 e. The second-order valence-corrected chi connectivity index (χ2v) is 8.26. The second-order valence-electron chi connectivity index (χ2n) is 8.26. The fraction of sp³-hybridized carbons (Fsp3) is 0.154. The van der Waals surface area contributed by atoms with Gasteiger partial charge in [-0.3, -0.25) is 4.40 Å². The summed E-state index contributed by atoms with van der Waals surface area (Å²) in [7, 11) is 0. The number of nitrogens with zero attached hydrogens (tertiary/aromatic N) is 3. The van der Waals surface area contributed by atoms with E-state index in [0.29, 0.717) is 17.8 Å². The molecule has 0 amide bonds. The highest BCUT2D eigenvalue weighted by Crippen LogP contribution is 2.36. The van der Waals surface area contributed by atoms with Crippen molar-refractivity contribution in [3.8, 4) is 28.5 Å². The molecule has 33 heavy (non-hydrogen) atoms. The number of hydrogen-bond donors (Lipinski definition) is 2. The molecule has 3 heterocycles. The summed E-state index contributed by atoms with van der Waals surface area (Å²) in [6.07, 6.45) is 3.79. The molecule has 0 aliphatic heterocycles. The van der Waals surface area contributed by atoms with E-state index in [9.17, 15) is 14.0 Å². The smallest absolute Gasteiger partial charge is 0.156 e. The van der Waals surface area contributed by atoms with E-state index < -0.39 is 11.6 Å². The fourth-order valence-corrected chi connectivity index (χ4v) is 4.10. The van der Waals surface area contributed by atoms with Crippen LogP contribution in [0.5, 0.6) is 0 Å². The molecule has 5 aromatic rings. The molecule has 0 aliphatic rings. The number of para-hydroxylation sites is 1. The van der Waals surface area contributed by atoms with Crippen LogP contribution in [0.3, 0.4) is 0 Å². The molecule has 2 N–H and O–H groups in total. The van der Waals surface area contributed by atoms with Crippen molar-refractivity contribution in [3.05, 3.63) is 83.8 Å². The van der Waals surface area contributed by atoms with E-state index in [-0.39, 0.29) is 17.2 Å². The second kappa shape index (κ2) is 8.15. The molecule has 0 spiro atoms. The summed E-state index contributed by atoms with van der Waals surface area (Å²) in [5, 5.41) is 14.4. The van der Waals surface area contributed by atoms with E-state index in [1.807, 2.05) is 54.9 Å². The summed E-state index contributed by atoms with van der Waals surface area (Å²) >= 11 is 0. The van der Waals surface area contributed by atoms with Gasteiger partial charge < -0.3 is 10.3 Å². The molecule has 0 radical (unpaired) electrons. The first-order chi connectivity index (χ1) is 16.0. The first-order valence-corrected chi connectivity index (χ1v) is 10.7. The lowest BCUT2D eigenvalue weighted by atomic mass is 9.98. The Kier molecular flexibility index (Phi) is 5.15. The maximum absolute atomic E-state index is 14.8. The van der Waals surface area contributed by atoms with Gasteiger partial charge in [0.2, 0.25) is 0 Å². The number of hydrogen-bond acceptors (Lipinski definition) is 3. The molecule has 164 valence electrons. The molecule has 0 bridgehead atoms. The van der Waals surface area contributed by atoms with Gasteiger partial charge in [-0.05, 0) is 24.3 Å². The van der Waals surface area contributed by atoms with Gasteiger partial charge in [-0.1, -0.05) is 32.0 Å². The average Bonchev–Trinajstić information content (AvgIpc) is 3.41. The quantitative estimate of drug-likeness (QED) is 0.362. The Balaban J connectivity index is 1.83. The number of benzene rings is 2. The lowest BCUT2D eigenvalue weighted by Gasteiger charge is -2.12. The zero-order chi connectivity index (χ0) is 23.1. The molecule has 0 fully saturated rings. The molecular formula is C26H21F2N5. The van der Waals surface area contributed by atoms with Gasteiger partial charge in [-0.25, -0.2) is 13.8 Å². The van der Waals surface area contributed by atoms with Gasteiger partial charge >= 0.3 is 0 Å². The highest BCUT2D eigenvalue weighted by molar-refractivity contribution is 5.96. The van der Waals surface area contributed by atoms with Gasteiger partial charge in [0.05, 0.1) is 11.4 Å². The van der Waals surface area contributed by atoms with Crippen LogP contribution in [0.1, 0.15) is 25.1 Å². The molecule has 0 unspecified atom stereocenters. The Morgan fingerprint density at radius 3 is 2.67 bits per heavy atom. The van der Waals surface area contributed by atoms with E-state index in [2.05, 4.69) is 16.4 Å². The lowest BCUT2D eigenvalue weighted by Crippen LogP contribution is -2.21. The van der Waals surface area contributed by atoms with Crippen molar-refractivity contribution >= 4 is 16.6 Å². The Bertz CT molecular complexity index is 1540. The molecule has 0 saturated heterocycles. The third-order valence-corrected chi connectivity index (χ3v) is 5.68. The number of pyridine rings is 1. The van der Waals surface area contributed by atoms with Crippen molar-refractivity contribution in [2.24, 2.45) is 0 Å². The summed E-state index contributed by atoms with van der Waals surface area (Å²) < 4.78 is 30.3. The summed E-state index contributed by atoms with van der Waals surface area (Å²) in [6, 6.07) is 15.5. The van der Waals surface area contributed by atoms with Crippen LogP contribution >= 0.6 is 0 Å². The largest absolute Gasteiger partial charge is 0.360 e. The minimum atomic E-state index is -0.728. The predicted octanol–water partition coefficient (Wildman–Crippen LogP) is 5.80. The Hall–Kier alpha value is -4.02. The average molecular weight is 441 g/mol. The van der Waals surface area contributed by atoms with Crippen molar-refractivity contribution in [2.75, 3.05) is 0 Å². The third kappa shape index (κ3) is 3.65. The zero-order valence-corrected chi connectivity index (χ0v) is 18.2. The Labute approximate surface area is 189 Å². The van der Waals surface area contributed by atoms with Gasteiger partial charge in [0.1, 0.15) is 23.3 Å². The van der Waals surface area contributed by atoms with Crippen LogP contribution in [0.15, 0.2) is 60.9 Å². The normalized spacial score (nSPS) is 11.5. The van der Waals surface area contributed by atoms with Gasteiger partial charge in [-0.2, -0.15) is 5.26 Å². The number of rotatable bonds is 5. The van der Waals surface area contributed by atoms with Crippen molar-refractivity contribution in [3.63, 3.8) is 0 Å². The third-order valence-electron chi connectivity index (χ3n) is 5.68. The minimum absolute atomic E-state index is 0.154. The number of aromatic amines is 1. The molecule has 7 heteroatoms. The lowest BCUT2D eigenvalue weighted by molar-refractivity contribution is 0.583. The first-order valence-electron chi connectivity index (χ1n) is 10.7. The summed E-state index contributed by atoms with van der Waals surface area (Å²) in [5.74, 6) is -1.40. The maximum atomic E-state index is 14.8. The molecule has 3 aromatic heterocycles. The first kappa shape index (κ1) is 20.9. The van der Waals surface area contributed by atoms with Crippen molar-refractivity contribution in [2.45, 2.75) is 26.4 Å². The molecule has 5 nitrogen and oxygen atoms in total. The molecule has 5 rings (SSSR count). The van der Waals surface area contributed by atoms with Gasteiger partial charge in [0, 0.05) is 58.6 Å². The predicted molar refractivity (Wildman–Crippen MR) is 125 cm³/mol. The van der Waals surface area contributed by atoms with Crippen LogP contribution < -0.4 is 5.32 Å². The molecular weight excluding hydrogens is 420 g/mol. The van der Waals surface area contributed by atoms with Crippen molar-refractivity contribution in [1.82, 2.24) is 19.7 Å². The van der Waals surface area contributed by atoms with Crippen LogP contribution in [0.25, 0.3) is 38.9 Å². The highest BCUT2D eigenvalue weighted by Gasteiger charge is 2.21. The topological polar surface area (TPSA) is 68.9 Å². The van der Waals surface area contributed by atoms with Crippen molar-refractivity contribution in [1.29, 1.82) is 5.26 Å². The van der Waals surface area contributed by atoms with Crippen LogP contribution in [-0.2, 0) is 6.54 Å². The number of fused-ring (bicyclic) bond motifs is 2. The molecule has 0 atom stereocenters. The fourth-order valence-electron chi connectivity index (χ4n) is 4.10. The number of nitrogens with one attached hydrogen (secondary N) is 2. The van der Waals surface area contributed by atoms with Crippen LogP contribution in [-0.4, -0.2) is 20.4 Å². The maximum Gasteiger partial charge on any atom is 0.156 e. The number of aromatic nitrogens is 3. The van der Waals surface area contributed by atoms with Crippen LogP contribution in [0.4, 0.5) is 8.78 Å². The SMILES string of the molecule is CC(C)NCc1cn2c(-c3c[nH]c4ccccc34)cc(-c3ccc(F)cc3F)c(C#N)c2n1. The van der Waals surface area contributed by atoms with Gasteiger partial charge in [0.25, 0.3) is 0 Å². The summed E-state index contributed by atoms with van der Waals surface area (Å²) in [4.78, 5) is 7.98. The van der Waals surface area contributed by atoms with E-state index in [4.69, 9.17) is 4.98 Å². The Morgan fingerprint density at radius 2 is 1.91 bits per heavy atom. The summed E-state index contributed by atoms with van der Waals surface area (Å²) in [6.45, 7) is 4.62. The van der Waals surface area contributed by atoms with Crippen molar-refractivity contribution < 1.29 is 8.78 Å². The number of imidazole rings is 1. The summed E-state index contributed by atoms with van der Waals surface area (Å²) in [5.41, 5.74) is 4.56. The van der Waals surface area contributed by atoms with E-state index in [1.165, 1.54) is 12.1 Å². The number of halogens is 2. The number of H-pyrrole nitrogens is 1. The Morgan fingerprint density at radius 1 is 1.09 bits per heavy atom. The monoisotopic (exact) mass is 441 g/mol. The zero-order valence-electron chi connectivity index (χ0n) is 18.2. The molecule has 0 aliphatic carbocycles. The number of nitriles is 1. The molecule has 0 saturated carbocycles. The van der Waals surface area contributed by atoms with Crippen LogP contribution in [0, 0.1) is 23.0 Å². The molecule has 2 aromatic carbocycles. The van der Waals surface area contributed by atoms with Gasteiger partial charge in [0.15, 0.2) is 5.65 Å².